The van der Waals surface area contributed by atoms with Crippen LogP contribution in [0.5, 0.6) is 17.2 Å². The summed E-state index contributed by atoms with van der Waals surface area (Å²) in [4.78, 5) is 25.2. The first-order valence-corrected chi connectivity index (χ1v) is 9.44. The molecule has 0 bridgehead atoms. The molecule has 1 spiro atoms. The number of carbonyl (C=O) groups is 1. The van der Waals surface area contributed by atoms with Gasteiger partial charge < -0.3 is 24.0 Å². The number of aromatic nitrogens is 2. The minimum Gasteiger partial charge on any atom is -0.493 e. The molecule has 1 aromatic heterocycles. The Hall–Kier alpha value is -2.77. The van der Waals surface area contributed by atoms with Crippen molar-refractivity contribution in [3.8, 4) is 17.2 Å². The van der Waals surface area contributed by atoms with Crippen LogP contribution in [0, 0.1) is 5.41 Å². The molecule has 0 unspecified atom stereocenters. The molecule has 0 radical (unpaired) electrons. The maximum absolute atomic E-state index is 12.0. The quantitative estimate of drug-likeness (QED) is 0.796. The Morgan fingerprint density at radius 2 is 1.75 bits per heavy atom. The average Bonchev–Trinajstić information content (AvgIpc) is 2.99. The van der Waals surface area contributed by atoms with Crippen LogP contribution < -0.4 is 19.1 Å². The van der Waals surface area contributed by atoms with Gasteiger partial charge in [-0.2, -0.15) is 0 Å². The van der Waals surface area contributed by atoms with Crippen LogP contribution in [0.1, 0.15) is 19.3 Å². The van der Waals surface area contributed by atoms with Crippen LogP contribution in [-0.2, 0) is 4.79 Å². The Kier molecular flexibility index (Phi) is 4.64. The summed E-state index contributed by atoms with van der Waals surface area (Å²) in [5.41, 5.74) is 0.797. The zero-order valence-electron chi connectivity index (χ0n) is 16.8. The molecule has 0 N–H and O–H groups in total. The van der Waals surface area contributed by atoms with Gasteiger partial charge in [-0.15, -0.1) is 0 Å². The molecular formula is C20H26N4O4. The van der Waals surface area contributed by atoms with Gasteiger partial charge in [-0.05, 0) is 18.9 Å². The van der Waals surface area contributed by atoms with E-state index in [9.17, 15) is 4.79 Å². The highest BCUT2D eigenvalue weighted by Crippen LogP contribution is 2.46. The highest BCUT2D eigenvalue weighted by molar-refractivity contribution is 5.97. The maximum atomic E-state index is 12.0. The Morgan fingerprint density at radius 1 is 1.04 bits per heavy atom. The van der Waals surface area contributed by atoms with E-state index in [1.807, 2.05) is 18.0 Å². The fraction of sp³-hybridized carbons (Fsp3) is 0.550. The minimum atomic E-state index is 0.101. The Morgan fingerprint density at radius 3 is 2.32 bits per heavy atom. The van der Waals surface area contributed by atoms with Gasteiger partial charge in [0.25, 0.3) is 0 Å². The number of rotatable bonds is 4. The number of methoxy groups -OCH3 is 3. The number of ether oxygens (including phenoxy) is 3. The summed E-state index contributed by atoms with van der Waals surface area (Å²) in [7, 11) is 6.67. The Balaban J connectivity index is 1.69. The molecule has 2 saturated heterocycles. The van der Waals surface area contributed by atoms with E-state index >= 15 is 0 Å². The van der Waals surface area contributed by atoms with Crippen LogP contribution in [0.3, 0.4) is 0 Å². The lowest BCUT2D eigenvalue weighted by Gasteiger charge is -2.39. The third-order valence-electron chi connectivity index (χ3n) is 6.06. The number of likely N-dealkylation sites (tertiary alicyclic amines) is 1. The van der Waals surface area contributed by atoms with E-state index in [4.69, 9.17) is 14.2 Å². The summed E-state index contributed by atoms with van der Waals surface area (Å²) < 4.78 is 16.6. The second kappa shape index (κ2) is 7.00. The van der Waals surface area contributed by atoms with Crippen LogP contribution in [0.4, 0.5) is 5.82 Å². The highest BCUT2D eigenvalue weighted by Gasteiger charge is 2.43. The number of piperidine rings is 1. The van der Waals surface area contributed by atoms with Crippen molar-refractivity contribution >= 4 is 22.6 Å². The van der Waals surface area contributed by atoms with Gasteiger partial charge in [0.2, 0.25) is 11.7 Å². The van der Waals surface area contributed by atoms with E-state index < -0.39 is 0 Å². The Bertz CT molecular complexity index is 909. The number of fused-ring (bicyclic) bond motifs is 1. The normalized spacial score (nSPS) is 18.8. The first-order valence-electron chi connectivity index (χ1n) is 9.44. The molecule has 2 fully saturated rings. The molecule has 28 heavy (non-hydrogen) atoms. The molecule has 8 nitrogen and oxygen atoms in total. The molecule has 1 aromatic carbocycles. The van der Waals surface area contributed by atoms with Crippen molar-refractivity contribution in [2.45, 2.75) is 19.3 Å². The molecular weight excluding hydrogens is 360 g/mol. The molecule has 3 heterocycles. The van der Waals surface area contributed by atoms with E-state index in [-0.39, 0.29) is 11.3 Å². The van der Waals surface area contributed by atoms with Crippen molar-refractivity contribution in [2.24, 2.45) is 5.41 Å². The number of carbonyl (C=O) groups excluding carboxylic acids is 1. The lowest BCUT2D eigenvalue weighted by molar-refractivity contribution is -0.126. The number of amides is 1. The van der Waals surface area contributed by atoms with E-state index in [0.717, 1.165) is 43.7 Å². The van der Waals surface area contributed by atoms with Gasteiger partial charge in [-0.25, -0.2) is 9.97 Å². The van der Waals surface area contributed by atoms with Gasteiger partial charge >= 0.3 is 0 Å². The van der Waals surface area contributed by atoms with Crippen LogP contribution >= 0.6 is 0 Å². The molecule has 1 amide bonds. The molecule has 2 aliphatic rings. The minimum absolute atomic E-state index is 0.101. The van der Waals surface area contributed by atoms with Crippen LogP contribution in [0.25, 0.3) is 10.9 Å². The van der Waals surface area contributed by atoms with E-state index in [1.54, 1.807) is 27.7 Å². The second-order valence-corrected chi connectivity index (χ2v) is 7.65. The highest BCUT2D eigenvalue weighted by atomic mass is 16.5. The number of benzene rings is 1. The van der Waals surface area contributed by atoms with Gasteiger partial charge in [0.05, 0.1) is 26.7 Å². The third-order valence-corrected chi connectivity index (χ3v) is 6.06. The first-order chi connectivity index (χ1) is 13.5. The zero-order valence-corrected chi connectivity index (χ0v) is 16.8. The number of anilines is 1. The van der Waals surface area contributed by atoms with Gasteiger partial charge in [0.1, 0.15) is 17.7 Å². The topological polar surface area (TPSA) is 77.0 Å². The summed E-state index contributed by atoms with van der Waals surface area (Å²) >= 11 is 0. The van der Waals surface area contributed by atoms with Gasteiger partial charge in [0.15, 0.2) is 11.5 Å². The summed E-state index contributed by atoms with van der Waals surface area (Å²) in [5, 5.41) is 0.868. The van der Waals surface area contributed by atoms with Crippen molar-refractivity contribution in [1.29, 1.82) is 0 Å². The molecule has 4 rings (SSSR count). The average molecular weight is 386 g/mol. The molecule has 150 valence electrons. The standard InChI is InChI=1S/C20H26N4O4/c1-23-11-20(10-15(23)25)5-7-24(8-6-20)19-13-9-14(26-2)17(27-3)18(28-4)16(13)21-12-22-19/h9,12H,5-8,10-11H2,1-4H3. The zero-order chi connectivity index (χ0) is 19.9. The number of hydrogen-bond donors (Lipinski definition) is 0. The largest absolute Gasteiger partial charge is 0.493 e. The van der Waals surface area contributed by atoms with Crippen LogP contribution in [0.15, 0.2) is 12.4 Å². The molecule has 8 heteroatoms. The van der Waals surface area contributed by atoms with Gasteiger partial charge in [-0.1, -0.05) is 0 Å². The summed E-state index contributed by atoms with van der Waals surface area (Å²) in [6.45, 7) is 2.55. The van der Waals surface area contributed by atoms with Crippen LogP contribution in [-0.4, -0.2) is 68.8 Å². The molecule has 2 aliphatic heterocycles. The predicted octanol–water partition coefficient (Wildman–Crippen LogP) is 2.10. The number of nitrogens with zero attached hydrogens (tertiary/aromatic N) is 4. The fourth-order valence-electron chi connectivity index (χ4n) is 4.53. The van der Waals surface area contributed by atoms with Crippen molar-refractivity contribution in [3.63, 3.8) is 0 Å². The lowest BCUT2D eigenvalue weighted by atomic mass is 9.77. The molecule has 0 atom stereocenters. The van der Waals surface area contributed by atoms with Gasteiger partial charge in [0, 0.05) is 38.5 Å². The molecule has 0 saturated carbocycles. The van der Waals surface area contributed by atoms with Crippen molar-refractivity contribution < 1.29 is 19.0 Å². The Labute approximate surface area is 164 Å². The summed E-state index contributed by atoms with van der Waals surface area (Å²) in [6, 6.07) is 1.91. The third kappa shape index (κ3) is 2.87. The SMILES string of the molecule is COc1cc2c(N3CCC4(CC3)CC(=O)N(C)C4)ncnc2c(OC)c1OC. The molecule has 2 aromatic rings. The van der Waals surface area contributed by atoms with Crippen LogP contribution in [0.2, 0.25) is 0 Å². The first kappa shape index (κ1) is 18.6. The molecule has 0 aliphatic carbocycles. The number of hydrogen-bond acceptors (Lipinski definition) is 7. The van der Waals surface area contributed by atoms with E-state index in [0.29, 0.717) is 29.2 Å². The van der Waals surface area contributed by atoms with Crippen molar-refractivity contribution in [2.75, 3.05) is 52.9 Å². The lowest BCUT2D eigenvalue weighted by Crippen LogP contribution is -2.41. The van der Waals surface area contributed by atoms with Gasteiger partial charge in [-0.3, -0.25) is 4.79 Å². The maximum Gasteiger partial charge on any atom is 0.222 e. The van der Waals surface area contributed by atoms with E-state index in [2.05, 4.69) is 14.9 Å². The monoisotopic (exact) mass is 386 g/mol. The summed E-state index contributed by atoms with van der Waals surface area (Å²) in [6.07, 6.45) is 4.15. The van der Waals surface area contributed by atoms with Crippen molar-refractivity contribution in [3.05, 3.63) is 12.4 Å². The second-order valence-electron chi connectivity index (χ2n) is 7.65. The smallest absolute Gasteiger partial charge is 0.222 e. The van der Waals surface area contributed by atoms with E-state index in [1.165, 1.54) is 0 Å². The van der Waals surface area contributed by atoms with Crippen molar-refractivity contribution in [1.82, 2.24) is 14.9 Å². The predicted molar refractivity (Wildman–Crippen MR) is 105 cm³/mol. The summed E-state index contributed by atoms with van der Waals surface area (Å²) in [5.74, 6) is 2.75. The fourth-order valence-corrected chi connectivity index (χ4v) is 4.53.